The molecule has 0 amide bonds. The Hall–Kier alpha value is -2.43. The Morgan fingerprint density at radius 1 is 1.20 bits per heavy atom. The van der Waals surface area contributed by atoms with Crippen LogP contribution in [0.1, 0.15) is 15.9 Å². The first-order valence-corrected chi connectivity index (χ1v) is 6.32. The number of carbonyl (C=O) groups is 1. The van der Waals surface area contributed by atoms with Crippen LogP contribution in [0, 0.1) is 0 Å². The van der Waals surface area contributed by atoms with Gasteiger partial charge in [0.2, 0.25) is 0 Å². The molecular formula is C15H15NO4. The fourth-order valence-corrected chi connectivity index (χ4v) is 2.65. The maximum absolute atomic E-state index is 11.1. The standard InChI is InChI=1S/C15H15NO4/c1-19-13-6-9-3-4-16-8-10(15(17)18)5-12(16)11(9)7-14(13)20-2/h5-8H,3-4H2,1-2H3,(H,17,18). The first-order valence-electron chi connectivity index (χ1n) is 6.32. The van der Waals surface area contributed by atoms with E-state index < -0.39 is 5.97 Å². The maximum Gasteiger partial charge on any atom is 0.337 e. The van der Waals surface area contributed by atoms with E-state index in [2.05, 4.69) is 0 Å². The monoisotopic (exact) mass is 273 g/mol. The van der Waals surface area contributed by atoms with Crippen LogP contribution < -0.4 is 9.47 Å². The predicted molar refractivity (Wildman–Crippen MR) is 73.6 cm³/mol. The van der Waals surface area contributed by atoms with Crippen LogP contribution in [-0.2, 0) is 13.0 Å². The molecule has 0 fully saturated rings. The van der Waals surface area contributed by atoms with Crippen molar-refractivity contribution in [1.29, 1.82) is 0 Å². The summed E-state index contributed by atoms with van der Waals surface area (Å²) in [5, 5.41) is 9.11. The van der Waals surface area contributed by atoms with E-state index in [1.807, 2.05) is 16.7 Å². The molecule has 0 saturated heterocycles. The topological polar surface area (TPSA) is 60.7 Å². The van der Waals surface area contributed by atoms with Gasteiger partial charge in [-0.1, -0.05) is 0 Å². The fraction of sp³-hybridized carbons (Fsp3) is 0.267. The number of benzene rings is 1. The minimum Gasteiger partial charge on any atom is -0.493 e. The summed E-state index contributed by atoms with van der Waals surface area (Å²) < 4.78 is 12.6. The molecule has 0 bridgehead atoms. The van der Waals surface area contributed by atoms with Crippen LogP contribution in [0.25, 0.3) is 11.3 Å². The molecule has 5 heteroatoms. The molecule has 2 aromatic rings. The smallest absolute Gasteiger partial charge is 0.337 e. The zero-order valence-corrected chi connectivity index (χ0v) is 11.3. The highest BCUT2D eigenvalue weighted by Crippen LogP contribution is 2.39. The fourth-order valence-electron chi connectivity index (χ4n) is 2.65. The van der Waals surface area contributed by atoms with Gasteiger partial charge in [-0.25, -0.2) is 4.79 Å². The van der Waals surface area contributed by atoms with Crippen LogP contribution in [0.2, 0.25) is 0 Å². The summed E-state index contributed by atoms with van der Waals surface area (Å²) in [6, 6.07) is 5.57. The molecule has 0 aliphatic carbocycles. The Morgan fingerprint density at radius 2 is 1.90 bits per heavy atom. The van der Waals surface area contributed by atoms with Crippen molar-refractivity contribution in [3.8, 4) is 22.8 Å². The average Bonchev–Trinajstić information content (AvgIpc) is 2.90. The van der Waals surface area contributed by atoms with E-state index in [1.54, 1.807) is 26.5 Å². The molecule has 2 heterocycles. The lowest BCUT2D eigenvalue weighted by atomic mass is 9.97. The lowest BCUT2D eigenvalue weighted by molar-refractivity contribution is 0.0697. The Balaban J connectivity index is 2.17. The van der Waals surface area contributed by atoms with Gasteiger partial charge < -0.3 is 19.1 Å². The highest BCUT2D eigenvalue weighted by Gasteiger charge is 2.21. The summed E-state index contributed by atoms with van der Waals surface area (Å²) in [6.07, 6.45) is 2.52. The second-order valence-electron chi connectivity index (χ2n) is 4.73. The minimum absolute atomic E-state index is 0.308. The number of hydrogen-bond acceptors (Lipinski definition) is 3. The summed E-state index contributed by atoms with van der Waals surface area (Å²) in [5.74, 6) is 0.441. The van der Waals surface area contributed by atoms with Gasteiger partial charge in [-0.15, -0.1) is 0 Å². The first kappa shape index (κ1) is 12.6. The molecule has 0 unspecified atom stereocenters. The molecule has 3 rings (SSSR count). The third-order valence-corrected chi connectivity index (χ3v) is 3.65. The second kappa shape index (κ2) is 4.59. The van der Waals surface area contributed by atoms with Crippen molar-refractivity contribution in [2.24, 2.45) is 0 Å². The van der Waals surface area contributed by atoms with Crippen LogP contribution in [0.5, 0.6) is 11.5 Å². The number of aryl methyl sites for hydroxylation is 2. The molecule has 104 valence electrons. The predicted octanol–water partition coefficient (Wildman–Crippen LogP) is 2.43. The van der Waals surface area contributed by atoms with Gasteiger partial charge in [0.25, 0.3) is 0 Å². The Kier molecular flexibility index (Phi) is 2.89. The molecule has 1 N–H and O–H groups in total. The van der Waals surface area contributed by atoms with Crippen molar-refractivity contribution in [2.45, 2.75) is 13.0 Å². The van der Waals surface area contributed by atoms with E-state index in [0.717, 1.165) is 29.8 Å². The average molecular weight is 273 g/mol. The lowest BCUT2D eigenvalue weighted by Crippen LogP contribution is -2.10. The van der Waals surface area contributed by atoms with E-state index >= 15 is 0 Å². The molecule has 0 radical (unpaired) electrons. The van der Waals surface area contributed by atoms with E-state index in [9.17, 15) is 4.79 Å². The van der Waals surface area contributed by atoms with Gasteiger partial charge >= 0.3 is 5.97 Å². The lowest BCUT2D eigenvalue weighted by Gasteiger charge is -2.21. The molecule has 0 saturated carbocycles. The number of carboxylic acid groups (broad SMARTS) is 1. The van der Waals surface area contributed by atoms with Crippen molar-refractivity contribution in [2.75, 3.05) is 14.2 Å². The van der Waals surface area contributed by atoms with E-state index in [0.29, 0.717) is 17.1 Å². The van der Waals surface area contributed by atoms with Crippen LogP contribution in [0.3, 0.4) is 0 Å². The minimum atomic E-state index is -0.908. The Bertz CT molecular complexity index is 687. The quantitative estimate of drug-likeness (QED) is 0.933. The highest BCUT2D eigenvalue weighted by molar-refractivity contribution is 5.90. The van der Waals surface area contributed by atoms with Gasteiger partial charge in [-0.2, -0.15) is 0 Å². The van der Waals surface area contributed by atoms with Crippen molar-refractivity contribution in [3.05, 3.63) is 35.5 Å². The number of nitrogens with zero attached hydrogens (tertiary/aromatic N) is 1. The number of fused-ring (bicyclic) bond motifs is 3. The van der Waals surface area contributed by atoms with Crippen molar-refractivity contribution in [3.63, 3.8) is 0 Å². The SMILES string of the molecule is COc1cc2c(cc1OC)-c1cc(C(=O)O)cn1CC2. The van der Waals surface area contributed by atoms with Gasteiger partial charge in [-0.3, -0.25) is 0 Å². The molecule has 0 atom stereocenters. The third kappa shape index (κ3) is 1.82. The summed E-state index contributed by atoms with van der Waals surface area (Å²) in [4.78, 5) is 11.1. The first-order chi connectivity index (χ1) is 9.63. The van der Waals surface area contributed by atoms with Gasteiger partial charge in [0.15, 0.2) is 11.5 Å². The number of aromatic carboxylic acids is 1. The van der Waals surface area contributed by atoms with Crippen molar-refractivity contribution >= 4 is 5.97 Å². The normalized spacial score (nSPS) is 12.5. The number of methoxy groups -OCH3 is 2. The van der Waals surface area contributed by atoms with E-state index in [4.69, 9.17) is 14.6 Å². The third-order valence-electron chi connectivity index (χ3n) is 3.65. The molecule has 5 nitrogen and oxygen atoms in total. The molecule has 1 aliphatic heterocycles. The largest absolute Gasteiger partial charge is 0.493 e. The summed E-state index contributed by atoms with van der Waals surface area (Å²) >= 11 is 0. The number of rotatable bonds is 3. The van der Waals surface area contributed by atoms with E-state index in [1.165, 1.54) is 0 Å². The van der Waals surface area contributed by atoms with Gasteiger partial charge in [0.1, 0.15) is 0 Å². The zero-order valence-electron chi connectivity index (χ0n) is 11.3. The van der Waals surface area contributed by atoms with Crippen molar-refractivity contribution < 1.29 is 19.4 Å². The molecule has 1 aromatic carbocycles. The second-order valence-corrected chi connectivity index (χ2v) is 4.73. The number of hydrogen-bond donors (Lipinski definition) is 1. The van der Waals surface area contributed by atoms with Crippen LogP contribution in [-0.4, -0.2) is 29.9 Å². The maximum atomic E-state index is 11.1. The van der Waals surface area contributed by atoms with Crippen molar-refractivity contribution in [1.82, 2.24) is 4.57 Å². The zero-order chi connectivity index (χ0) is 14.3. The number of ether oxygens (including phenoxy) is 2. The molecule has 1 aromatic heterocycles. The van der Waals surface area contributed by atoms with Gasteiger partial charge in [0.05, 0.1) is 19.8 Å². The summed E-state index contributed by atoms with van der Waals surface area (Å²) in [7, 11) is 3.20. The number of aromatic nitrogens is 1. The molecular weight excluding hydrogens is 258 g/mol. The molecule has 1 aliphatic rings. The molecule has 0 spiro atoms. The van der Waals surface area contributed by atoms with Crippen LogP contribution in [0.4, 0.5) is 0 Å². The highest BCUT2D eigenvalue weighted by atomic mass is 16.5. The Labute approximate surface area is 116 Å². The van der Waals surface area contributed by atoms with Crippen LogP contribution >= 0.6 is 0 Å². The van der Waals surface area contributed by atoms with Gasteiger partial charge in [-0.05, 0) is 30.2 Å². The summed E-state index contributed by atoms with van der Waals surface area (Å²) in [5.41, 5.74) is 3.36. The summed E-state index contributed by atoms with van der Waals surface area (Å²) in [6.45, 7) is 0.769. The van der Waals surface area contributed by atoms with Crippen LogP contribution in [0.15, 0.2) is 24.4 Å². The van der Waals surface area contributed by atoms with Gasteiger partial charge in [0, 0.05) is 24.0 Å². The number of carboxylic acids is 1. The molecule has 20 heavy (non-hydrogen) atoms. The Morgan fingerprint density at radius 3 is 2.55 bits per heavy atom. The van der Waals surface area contributed by atoms with E-state index in [-0.39, 0.29) is 0 Å².